The zero-order valence-corrected chi connectivity index (χ0v) is 13.9. The molecule has 20 heavy (non-hydrogen) atoms. The summed E-state index contributed by atoms with van der Waals surface area (Å²) < 4.78 is 11.9. The van der Waals surface area contributed by atoms with Gasteiger partial charge in [-0.2, -0.15) is 0 Å². The minimum Gasteiger partial charge on any atom is -0.325 e. The van der Waals surface area contributed by atoms with E-state index in [9.17, 15) is 4.79 Å². The molecular formula is C12H15N2O3PS2. The number of aryl methyl sites for hydroxylation is 1. The summed E-state index contributed by atoms with van der Waals surface area (Å²) in [6, 6.07) is 5.27. The average molecular weight is 330 g/mol. The number of nitrogens with zero attached hydrogens (tertiary/aromatic N) is 2. The molecule has 0 saturated heterocycles. The van der Waals surface area contributed by atoms with E-state index in [1.54, 1.807) is 6.20 Å². The number of hydrogen-bond acceptors (Lipinski definition) is 6. The third-order valence-electron chi connectivity index (χ3n) is 2.68. The maximum atomic E-state index is 12.0. The SMILES string of the molecule is COP(=S)(OC)SCc1cc(=O)n2cc(C)ccc2n1. The Bertz CT molecular complexity index is 724. The van der Waals surface area contributed by atoms with E-state index in [4.69, 9.17) is 20.9 Å². The predicted octanol–water partition coefficient (Wildman–Crippen LogP) is 2.75. The molecule has 2 heterocycles. The summed E-state index contributed by atoms with van der Waals surface area (Å²) >= 11 is 6.64. The van der Waals surface area contributed by atoms with Crippen molar-refractivity contribution in [1.82, 2.24) is 9.38 Å². The third kappa shape index (κ3) is 3.48. The monoisotopic (exact) mass is 330 g/mol. The first-order valence-corrected chi connectivity index (χ1v) is 10.1. The highest BCUT2D eigenvalue weighted by Crippen LogP contribution is 2.60. The number of aromatic nitrogens is 2. The van der Waals surface area contributed by atoms with Crippen molar-refractivity contribution in [3.63, 3.8) is 0 Å². The molecule has 0 unspecified atom stereocenters. The average Bonchev–Trinajstić information content (AvgIpc) is 2.45. The van der Waals surface area contributed by atoms with Gasteiger partial charge in [0.05, 0.1) is 5.69 Å². The summed E-state index contributed by atoms with van der Waals surface area (Å²) in [6.45, 7) is 1.93. The van der Waals surface area contributed by atoms with Crippen LogP contribution in [0.3, 0.4) is 0 Å². The van der Waals surface area contributed by atoms with Crippen molar-refractivity contribution < 1.29 is 9.05 Å². The Morgan fingerprint density at radius 3 is 2.75 bits per heavy atom. The minimum atomic E-state index is -2.33. The van der Waals surface area contributed by atoms with Gasteiger partial charge in [-0.15, -0.1) is 0 Å². The van der Waals surface area contributed by atoms with Crippen LogP contribution in [-0.4, -0.2) is 23.6 Å². The molecule has 0 aliphatic carbocycles. The molecule has 0 aliphatic rings. The fraction of sp³-hybridized carbons (Fsp3) is 0.333. The highest BCUT2D eigenvalue weighted by Gasteiger charge is 2.17. The second-order valence-corrected chi connectivity index (χ2v) is 10.6. The fourth-order valence-corrected chi connectivity index (χ4v) is 4.43. The maximum absolute atomic E-state index is 12.0. The van der Waals surface area contributed by atoms with Crippen LogP contribution < -0.4 is 5.56 Å². The lowest BCUT2D eigenvalue weighted by Crippen LogP contribution is -2.15. The summed E-state index contributed by atoms with van der Waals surface area (Å²) in [5, 5.41) is 0. The minimum absolute atomic E-state index is 0.0996. The van der Waals surface area contributed by atoms with Gasteiger partial charge < -0.3 is 9.05 Å². The molecule has 0 aromatic carbocycles. The summed E-state index contributed by atoms with van der Waals surface area (Å²) in [5.74, 6) is 0.485. The zero-order valence-electron chi connectivity index (χ0n) is 11.4. The van der Waals surface area contributed by atoms with Gasteiger partial charge in [0.1, 0.15) is 5.65 Å². The van der Waals surface area contributed by atoms with Gasteiger partial charge in [-0.25, -0.2) is 4.98 Å². The first-order valence-electron chi connectivity index (χ1n) is 5.82. The molecule has 5 nitrogen and oxygen atoms in total. The van der Waals surface area contributed by atoms with E-state index in [2.05, 4.69) is 4.98 Å². The second-order valence-electron chi connectivity index (χ2n) is 4.11. The number of pyridine rings is 1. The Hall–Kier alpha value is -0.720. The molecule has 2 aromatic rings. The lowest BCUT2D eigenvalue weighted by molar-refractivity contribution is 0.354. The normalized spacial score (nSPS) is 11.9. The molecule has 108 valence electrons. The largest absolute Gasteiger partial charge is 0.325 e. The third-order valence-corrected chi connectivity index (χ3v) is 8.39. The van der Waals surface area contributed by atoms with Crippen LogP contribution in [0, 0.1) is 6.92 Å². The van der Waals surface area contributed by atoms with Crippen molar-refractivity contribution in [3.8, 4) is 0 Å². The van der Waals surface area contributed by atoms with Crippen molar-refractivity contribution in [1.29, 1.82) is 0 Å². The fourth-order valence-electron chi connectivity index (χ4n) is 1.66. The van der Waals surface area contributed by atoms with E-state index in [1.165, 1.54) is 36.1 Å². The van der Waals surface area contributed by atoms with Crippen molar-refractivity contribution in [2.24, 2.45) is 0 Å². The molecule has 0 aliphatic heterocycles. The molecule has 0 atom stereocenters. The van der Waals surface area contributed by atoms with Crippen LogP contribution in [0.25, 0.3) is 5.65 Å². The van der Waals surface area contributed by atoms with Gasteiger partial charge in [-0.1, -0.05) is 17.4 Å². The number of hydrogen-bond donors (Lipinski definition) is 0. The molecule has 0 amide bonds. The molecule has 0 N–H and O–H groups in total. The molecular weight excluding hydrogens is 315 g/mol. The van der Waals surface area contributed by atoms with Gasteiger partial charge in [0.2, 0.25) is 5.69 Å². The summed E-state index contributed by atoms with van der Waals surface area (Å²) in [4.78, 5) is 16.5. The summed E-state index contributed by atoms with van der Waals surface area (Å²) in [6.07, 6.45) is 1.77. The van der Waals surface area contributed by atoms with Crippen LogP contribution in [0.2, 0.25) is 0 Å². The highest BCUT2D eigenvalue weighted by atomic mass is 32.9. The van der Waals surface area contributed by atoms with Crippen molar-refractivity contribution in [2.45, 2.75) is 12.7 Å². The molecule has 0 bridgehead atoms. The number of rotatable bonds is 5. The van der Waals surface area contributed by atoms with E-state index < -0.39 is 5.69 Å². The van der Waals surface area contributed by atoms with Crippen molar-refractivity contribution >= 4 is 34.5 Å². The number of fused-ring (bicyclic) bond motifs is 1. The van der Waals surface area contributed by atoms with Crippen LogP contribution in [0.4, 0.5) is 0 Å². The smallest absolute Gasteiger partial charge is 0.258 e. The molecule has 2 rings (SSSR count). The lowest BCUT2D eigenvalue weighted by Gasteiger charge is -2.16. The van der Waals surface area contributed by atoms with E-state index in [0.717, 1.165) is 5.56 Å². The molecule has 0 saturated carbocycles. The van der Waals surface area contributed by atoms with Gasteiger partial charge in [-0.05, 0) is 30.4 Å². The standard InChI is InChI=1S/C12H15N2O3PS2/c1-9-4-5-11-13-10(6-12(15)14(11)7-9)8-20-18(19,16-2)17-3/h4-7H,8H2,1-3H3. The van der Waals surface area contributed by atoms with E-state index in [1.807, 2.05) is 19.1 Å². The first-order chi connectivity index (χ1) is 9.47. The van der Waals surface area contributed by atoms with Crippen LogP contribution in [0.15, 0.2) is 29.2 Å². The lowest BCUT2D eigenvalue weighted by atomic mass is 10.3. The summed E-state index contributed by atoms with van der Waals surface area (Å²) in [7, 11) is 3.06. The summed E-state index contributed by atoms with van der Waals surface area (Å²) in [5.41, 5.74) is -0.117. The zero-order chi connectivity index (χ0) is 14.8. The Morgan fingerprint density at radius 1 is 1.40 bits per heavy atom. The molecule has 0 fully saturated rings. The van der Waals surface area contributed by atoms with Crippen LogP contribution in [-0.2, 0) is 26.6 Å². The Balaban J connectivity index is 2.31. The first kappa shape index (κ1) is 15.7. The molecule has 0 spiro atoms. The van der Waals surface area contributed by atoms with Gasteiger partial charge in [0.15, 0.2) is 0 Å². The van der Waals surface area contributed by atoms with Gasteiger partial charge in [-0.3, -0.25) is 9.20 Å². The van der Waals surface area contributed by atoms with Gasteiger partial charge in [0, 0.05) is 32.2 Å². The van der Waals surface area contributed by atoms with E-state index >= 15 is 0 Å². The molecule has 8 heteroatoms. The van der Waals surface area contributed by atoms with E-state index in [0.29, 0.717) is 17.1 Å². The molecule has 0 radical (unpaired) electrons. The van der Waals surface area contributed by atoms with Crippen molar-refractivity contribution in [3.05, 3.63) is 46.0 Å². The predicted molar refractivity (Wildman–Crippen MR) is 85.8 cm³/mol. The van der Waals surface area contributed by atoms with Crippen LogP contribution >= 0.6 is 17.1 Å². The van der Waals surface area contributed by atoms with Crippen LogP contribution in [0.5, 0.6) is 0 Å². The maximum Gasteiger partial charge on any atom is 0.258 e. The quantitative estimate of drug-likeness (QED) is 0.786. The molecule has 2 aromatic heterocycles. The van der Waals surface area contributed by atoms with Gasteiger partial charge >= 0.3 is 0 Å². The Kier molecular flexibility index (Phi) is 4.99. The Morgan fingerprint density at radius 2 is 2.10 bits per heavy atom. The van der Waals surface area contributed by atoms with Crippen LogP contribution in [0.1, 0.15) is 11.3 Å². The van der Waals surface area contributed by atoms with Gasteiger partial charge in [0.25, 0.3) is 5.56 Å². The highest BCUT2D eigenvalue weighted by molar-refractivity contribution is 8.67. The Labute approximate surface area is 126 Å². The topological polar surface area (TPSA) is 52.8 Å². The van der Waals surface area contributed by atoms with Crippen molar-refractivity contribution in [2.75, 3.05) is 14.2 Å². The second kappa shape index (κ2) is 6.37. The van der Waals surface area contributed by atoms with E-state index in [-0.39, 0.29) is 5.56 Å².